The Labute approximate surface area is 88.8 Å². The maximum absolute atomic E-state index is 5.81. The molecule has 2 heterocycles. The Morgan fingerprint density at radius 1 is 1.21 bits per heavy atom. The van der Waals surface area contributed by atoms with Crippen LogP contribution in [0.15, 0.2) is 17.0 Å². The van der Waals surface area contributed by atoms with Gasteiger partial charge >= 0.3 is 0 Å². The number of aromatic nitrogens is 3. The fourth-order valence-corrected chi connectivity index (χ4v) is 1.46. The van der Waals surface area contributed by atoms with Gasteiger partial charge in [0.15, 0.2) is 5.76 Å². The minimum absolute atomic E-state index is 0.174. The molecule has 0 spiro atoms. The third-order valence-electron chi connectivity index (χ3n) is 1.58. The smallest absolute Gasteiger partial charge is 0.195 e. The van der Waals surface area contributed by atoms with E-state index >= 15 is 0 Å². The zero-order valence-electron chi connectivity index (χ0n) is 6.74. The molecule has 0 saturated heterocycles. The van der Waals surface area contributed by atoms with Crippen LogP contribution in [0.3, 0.4) is 0 Å². The number of hydrogen-bond acceptors (Lipinski definition) is 5. The topological polar surface area (TPSA) is 77.8 Å². The SMILES string of the molecule is Nc1cnoc1-c1c(Cl)ncnc1Cl. The summed E-state index contributed by atoms with van der Waals surface area (Å²) in [4.78, 5) is 7.53. The van der Waals surface area contributed by atoms with Crippen LogP contribution in [0.1, 0.15) is 0 Å². The van der Waals surface area contributed by atoms with Gasteiger partial charge in [0.25, 0.3) is 0 Å². The van der Waals surface area contributed by atoms with Crippen LogP contribution < -0.4 is 5.73 Å². The zero-order valence-corrected chi connectivity index (χ0v) is 8.25. The lowest BCUT2D eigenvalue weighted by atomic mass is 10.2. The van der Waals surface area contributed by atoms with E-state index in [2.05, 4.69) is 15.1 Å². The fraction of sp³-hybridized carbons (Fsp3) is 0. The molecule has 2 aromatic rings. The van der Waals surface area contributed by atoms with Crippen LogP contribution in [-0.4, -0.2) is 15.1 Å². The molecule has 2 N–H and O–H groups in total. The highest BCUT2D eigenvalue weighted by Crippen LogP contribution is 2.34. The molecule has 5 nitrogen and oxygen atoms in total. The minimum atomic E-state index is 0.174. The van der Waals surface area contributed by atoms with Crippen molar-refractivity contribution in [3.8, 4) is 11.3 Å². The standard InChI is InChI=1S/C7H4Cl2N4O/c8-6-4(7(9)12-2-11-6)5-3(10)1-13-14-5/h1-2H,10H2. The number of anilines is 1. The first kappa shape index (κ1) is 9.23. The average molecular weight is 231 g/mol. The monoisotopic (exact) mass is 230 g/mol. The molecule has 2 rings (SSSR count). The molecule has 2 aromatic heterocycles. The first-order valence-corrected chi connectivity index (χ1v) is 4.32. The molecule has 7 heteroatoms. The van der Waals surface area contributed by atoms with Crippen molar-refractivity contribution in [1.82, 2.24) is 15.1 Å². The molecule has 0 fully saturated rings. The molecule has 0 aromatic carbocycles. The van der Waals surface area contributed by atoms with Crippen molar-refractivity contribution < 1.29 is 4.52 Å². The number of nitrogens with zero attached hydrogens (tertiary/aromatic N) is 3. The zero-order chi connectivity index (χ0) is 10.1. The van der Waals surface area contributed by atoms with Gasteiger partial charge in [-0.1, -0.05) is 28.4 Å². The van der Waals surface area contributed by atoms with Crippen LogP contribution in [-0.2, 0) is 0 Å². The third-order valence-corrected chi connectivity index (χ3v) is 2.15. The second-order valence-electron chi connectivity index (χ2n) is 2.44. The number of hydrogen-bond donors (Lipinski definition) is 1. The summed E-state index contributed by atoms with van der Waals surface area (Å²) in [5, 5.41) is 3.86. The van der Waals surface area contributed by atoms with Crippen molar-refractivity contribution in [2.75, 3.05) is 5.73 Å². The van der Waals surface area contributed by atoms with Gasteiger partial charge in [0.2, 0.25) is 0 Å². The van der Waals surface area contributed by atoms with E-state index in [1.54, 1.807) is 0 Å². The number of rotatable bonds is 1. The molecule has 0 unspecified atom stereocenters. The summed E-state index contributed by atoms with van der Waals surface area (Å²) in [5.74, 6) is 0.278. The van der Waals surface area contributed by atoms with Crippen LogP contribution >= 0.6 is 23.2 Å². The second kappa shape index (κ2) is 3.43. The molecule has 0 radical (unpaired) electrons. The van der Waals surface area contributed by atoms with Gasteiger partial charge in [-0.2, -0.15) is 0 Å². The fourth-order valence-electron chi connectivity index (χ4n) is 0.969. The van der Waals surface area contributed by atoms with Crippen molar-refractivity contribution in [3.05, 3.63) is 22.8 Å². The Kier molecular flexibility index (Phi) is 2.26. The Morgan fingerprint density at radius 3 is 2.36 bits per heavy atom. The number of halogens is 2. The molecule has 0 bridgehead atoms. The predicted molar refractivity (Wildman–Crippen MR) is 52.0 cm³/mol. The quantitative estimate of drug-likeness (QED) is 0.759. The van der Waals surface area contributed by atoms with Crippen LogP contribution in [0.25, 0.3) is 11.3 Å². The molecule has 0 saturated carbocycles. The van der Waals surface area contributed by atoms with E-state index in [4.69, 9.17) is 33.5 Å². The normalized spacial score (nSPS) is 10.4. The summed E-state index contributed by atoms with van der Waals surface area (Å²) in [7, 11) is 0. The Hall–Kier alpha value is -1.33. The number of nitrogen functional groups attached to an aromatic ring is 1. The summed E-state index contributed by atoms with van der Waals surface area (Å²) in [6, 6.07) is 0. The molecule has 14 heavy (non-hydrogen) atoms. The Balaban J connectivity index is 2.68. The maximum atomic E-state index is 5.81. The summed E-state index contributed by atoms with van der Waals surface area (Å²) in [5.41, 5.74) is 6.27. The second-order valence-corrected chi connectivity index (χ2v) is 3.16. The van der Waals surface area contributed by atoms with E-state index in [1.807, 2.05) is 0 Å². The van der Waals surface area contributed by atoms with Gasteiger partial charge in [0.1, 0.15) is 22.3 Å². The maximum Gasteiger partial charge on any atom is 0.195 e. The lowest BCUT2D eigenvalue weighted by Gasteiger charge is -2.00. The highest BCUT2D eigenvalue weighted by Gasteiger charge is 2.17. The van der Waals surface area contributed by atoms with Gasteiger partial charge in [-0.3, -0.25) is 0 Å². The third kappa shape index (κ3) is 1.40. The molecule has 0 amide bonds. The lowest BCUT2D eigenvalue weighted by molar-refractivity contribution is 0.432. The molecule has 0 aliphatic heterocycles. The molecular weight excluding hydrogens is 227 g/mol. The molecule has 0 aliphatic carbocycles. The van der Waals surface area contributed by atoms with Crippen LogP contribution in [0.4, 0.5) is 5.69 Å². The summed E-state index contributed by atoms with van der Waals surface area (Å²) in [6.07, 6.45) is 2.61. The van der Waals surface area contributed by atoms with Gasteiger partial charge in [0.05, 0.1) is 11.8 Å². The van der Waals surface area contributed by atoms with Crippen molar-refractivity contribution in [1.29, 1.82) is 0 Å². The number of nitrogens with two attached hydrogens (primary N) is 1. The summed E-state index contributed by atoms with van der Waals surface area (Å²) >= 11 is 11.6. The summed E-state index contributed by atoms with van der Waals surface area (Å²) in [6.45, 7) is 0. The van der Waals surface area contributed by atoms with Gasteiger partial charge in [-0.25, -0.2) is 9.97 Å². The highest BCUT2D eigenvalue weighted by molar-refractivity contribution is 6.37. The van der Waals surface area contributed by atoms with Gasteiger partial charge in [-0.05, 0) is 0 Å². The molecule has 0 atom stereocenters. The molecular formula is C7H4Cl2N4O. The lowest BCUT2D eigenvalue weighted by Crippen LogP contribution is -1.90. The average Bonchev–Trinajstić information content (AvgIpc) is 2.52. The molecule has 72 valence electrons. The van der Waals surface area contributed by atoms with Crippen molar-refractivity contribution in [2.24, 2.45) is 0 Å². The van der Waals surface area contributed by atoms with E-state index in [1.165, 1.54) is 12.5 Å². The van der Waals surface area contributed by atoms with E-state index in [0.29, 0.717) is 11.3 Å². The predicted octanol–water partition coefficient (Wildman–Crippen LogP) is 2.02. The van der Waals surface area contributed by atoms with Gasteiger partial charge in [0, 0.05) is 0 Å². The van der Waals surface area contributed by atoms with Crippen molar-refractivity contribution in [3.63, 3.8) is 0 Å². The van der Waals surface area contributed by atoms with Gasteiger partial charge in [-0.15, -0.1) is 0 Å². The first-order valence-electron chi connectivity index (χ1n) is 3.56. The highest BCUT2D eigenvalue weighted by atomic mass is 35.5. The largest absolute Gasteiger partial charge is 0.394 e. The Bertz CT molecular complexity index is 450. The van der Waals surface area contributed by atoms with E-state index in [0.717, 1.165) is 0 Å². The summed E-state index contributed by atoms with van der Waals surface area (Å²) < 4.78 is 4.89. The van der Waals surface area contributed by atoms with Crippen molar-refractivity contribution >= 4 is 28.9 Å². The van der Waals surface area contributed by atoms with Crippen LogP contribution in [0.2, 0.25) is 10.3 Å². The Morgan fingerprint density at radius 2 is 1.86 bits per heavy atom. The minimum Gasteiger partial charge on any atom is -0.394 e. The van der Waals surface area contributed by atoms with E-state index < -0.39 is 0 Å². The van der Waals surface area contributed by atoms with E-state index in [9.17, 15) is 0 Å². The first-order chi connectivity index (χ1) is 6.70. The van der Waals surface area contributed by atoms with Crippen LogP contribution in [0.5, 0.6) is 0 Å². The van der Waals surface area contributed by atoms with Crippen LogP contribution in [0, 0.1) is 0 Å². The molecule has 0 aliphatic rings. The van der Waals surface area contributed by atoms with E-state index in [-0.39, 0.29) is 16.1 Å². The van der Waals surface area contributed by atoms with Gasteiger partial charge < -0.3 is 10.3 Å². The van der Waals surface area contributed by atoms with Crippen molar-refractivity contribution in [2.45, 2.75) is 0 Å².